The van der Waals surface area contributed by atoms with Crippen LogP contribution >= 0.6 is 11.3 Å². The highest BCUT2D eigenvalue weighted by Gasteiger charge is 2.27. The summed E-state index contributed by atoms with van der Waals surface area (Å²) >= 11 is 1.86. The molecule has 0 aromatic carbocycles. The van der Waals surface area contributed by atoms with E-state index in [2.05, 4.69) is 41.7 Å². The molecule has 1 aromatic heterocycles. The Hall–Kier alpha value is -0.380. The lowest BCUT2D eigenvalue weighted by molar-refractivity contribution is 0.144. The second-order valence-electron chi connectivity index (χ2n) is 5.31. The molecule has 2 heterocycles. The van der Waals surface area contributed by atoms with Gasteiger partial charge in [-0.3, -0.25) is 0 Å². The van der Waals surface area contributed by atoms with Gasteiger partial charge >= 0.3 is 0 Å². The maximum atomic E-state index is 3.44. The van der Waals surface area contributed by atoms with E-state index < -0.39 is 0 Å². The van der Waals surface area contributed by atoms with E-state index in [-0.39, 0.29) is 0 Å². The maximum absolute atomic E-state index is 3.44. The predicted octanol–water partition coefficient (Wildman–Crippen LogP) is 2.57. The number of piperidine rings is 1. The van der Waals surface area contributed by atoms with Crippen molar-refractivity contribution in [1.29, 1.82) is 0 Å². The molecule has 3 heteroatoms. The van der Waals surface area contributed by atoms with Crippen molar-refractivity contribution in [2.24, 2.45) is 5.41 Å². The molecular formula is C13H22N2S. The molecule has 1 aromatic rings. The van der Waals surface area contributed by atoms with Gasteiger partial charge in [-0.2, -0.15) is 0 Å². The Labute approximate surface area is 103 Å². The summed E-state index contributed by atoms with van der Waals surface area (Å²) in [4.78, 5) is 3.94. The third-order valence-electron chi connectivity index (χ3n) is 3.47. The minimum absolute atomic E-state index is 0.511. The van der Waals surface area contributed by atoms with Crippen LogP contribution in [0.2, 0.25) is 0 Å². The van der Waals surface area contributed by atoms with Crippen LogP contribution < -0.4 is 5.32 Å². The van der Waals surface area contributed by atoms with Crippen molar-refractivity contribution in [3.05, 3.63) is 22.4 Å². The summed E-state index contributed by atoms with van der Waals surface area (Å²) in [6.07, 6.45) is 2.61. The Morgan fingerprint density at radius 3 is 2.81 bits per heavy atom. The average Bonchev–Trinajstić information content (AvgIpc) is 2.70. The summed E-state index contributed by atoms with van der Waals surface area (Å²) in [5, 5.41) is 5.60. The van der Waals surface area contributed by atoms with Gasteiger partial charge in [-0.1, -0.05) is 13.0 Å². The summed E-state index contributed by atoms with van der Waals surface area (Å²) in [7, 11) is 2.24. The van der Waals surface area contributed by atoms with E-state index in [4.69, 9.17) is 0 Å². The normalized spacial score (nSPS) is 20.2. The molecule has 1 N–H and O–H groups in total. The van der Waals surface area contributed by atoms with Gasteiger partial charge in [-0.15, -0.1) is 11.3 Å². The Balaban J connectivity index is 1.84. The van der Waals surface area contributed by atoms with E-state index >= 15 is 0 Å². The number of nitrogens with one attached hydrogen (secondary N) is 1. The van der Waals surface area contributed by atoms with Gasteiger partial charge in [0.1, 0.15) is 0 Å². The zero-order valence-electron chi connectivity index (χ0n) is 10.3. The van der Waals surface area contributed by atoms with Crippen LogP contribution in [0.1, 0.15) is 24.6 Å². The maximum Gasteiger partial charge on any atom is 0.0325 e. The minimum Gasteiger partial charge on any atom is -0.317 e. The molecule has 0 spiro atoms. The van der Waals surface area contributed by atoms with Gasteiger partial charge in [0.25, 0.3) is 0 Å². The van der Waals surface area contributed by atoms with E-state index in [9.17, 15) is 0 Å². The van der Waals surface area contributed by atoms with E-state index in [1.165, 1.54) is 37.4 Å². The standard InChI is InChI=1S/C13H22N2S/c1-13(5-7-14-8-6-13)11-15(2)10-12-4-3-9-16-12/h3-4,9,14H,5-8,10-11H2,1-2H3. The molecular weight excluding hydrogens is 216 g/mol. The van der Waals surface area contributed by atoms with Crippen LogP contribution in [0.5, 0.6) is 0 Å². The summed E-state index contributed by atoms with van der Waals surface area (Å²) in [6, 6.07) is 4.37. The zero-order valence-corrected chi connectivity index (χ0v) is 11.1. The first-order valence-corrected chi connectivity index (χ1v) is 6.98. The van der Waals surface area contributed by atoms with Crippen LogP contribution in [-0.4, -0.2) is 31.6 Å². The SMILES string of the molecule is CN(Cc1cccs1)CC1(C)CCNCC1. The van der Waals surface area contributed by atoms with Crippen molar-refractivity contribution in [2.45, 2.75) is 26.3 Å². The molecule has 1 fully saturated rings. The Morgan fingerprint density at radius 1 is 1.44 bits per heavy atom. The molecule has 0 atom stereocenters. The fraction of sp³-hybridized carbons (Fsp3) is 0.692. The Kier molecular flexibility index (Phi) is 4.00. The van der Waals surface area contributed by atoms with Crippen LogP contribution in [0.15, 0.2) is 17.5 Å². The molecule has 0 unspecified atom stereocenters. The van der Waals surface area contributed by atoms with Gasteiger partial charge in [0.05, 0.1) is 0 Å². The molecule has 0 radical (unpaired) electrons. The van der Waals surface area contributed by atoms with Crippen LogP contribution in [0.25, 0.3) is 0 Å². The molecule has 0 amide bonds. The average molecular weight is 238 g/mol. The molecule has 1 aliphatic rings. The molecule has 1 aliphatic heterocycles. The molecule has 0 saturated carbocycles. The van der Waals surface area contributed by atoms with Gasteiger partial charge < -0.3 is 10.2 Å². The first kappa shape index (κ1) is 12.1. The van der Waals surface area contributed by atoms with Gasteiger partial charge in [0, 0.05) is 18.0 Å². The molecule has 1 saturated heterocycles. The topological polar surface area (TPSA) is 15.3 Å². The van der Waals surface area contributed by atoms with Crippen molar-refractivity contribution in [3.63, 3.8) is 0 Å². The molecule has 2 nitrogen and oxygen atoms in total. The molecule has 2 rings (SSSR count). The molecule has 0 bridgehead atoms. The van der Waals surface area contributed by atoms with Crippen molar-refractivity contribution in [2.75, 3.05) is 26.7 Å². The number of hydrogen-bond acceptors (Lipinski definition) is 3. The Morgan fingerprint density at radius 2 is 2.19 bits per heavy atom. The first-order valence-electron chi connectivity index (χ1n) is 6.10. The van der Waals surface area contributed by atoms with E-state index in [0.29, 0.717) is 5.41 Å². The lowest BCUT2D eigenvalue weighted by Gasteiger charge is -2.37. The summed E-state index contributed by atoms with van der Waals surface area (Å²) in [6.45, 7) is 7.11. The summed E-state index contributed by atoms with van der Waals surface area (Å²) in [5.74, 6) is 0. The summed E-state index contributed by atoms with van der Waals surface area (Å²) < 4.78 is 0. The predicted molar refractivity (Wildman–Crippen MR) is 70.9 cm³/mol. The second-order valence-corrected chi connectivity index (χ2v) is 6.34. The highest BCUT2D eigenvalue weighted by molar-refractivity contribution is 7.09. The van der Waals surface area contributed by atoms with Crippen molar-refractivity contribution in [1.82, 2.24) is 10.2 Å². The second kappa shape index (κ2) is 5.30. The van der Waals surface area contributed by atoms with E-state index in [1.54, 1.807) is 0 Å². The van der Waals surface area contributed by atoms with Crippen LogP contribution in [0, 0.1) is 5.41 Å². The zero-order chi connectivity index (χ0) is 11.4. The monoisotopic (exact) mass is 238 g/mol. The molecule has 90 valence electrons. The Bertz CT molecular complexity index is 302. The smallest absolute Gasteiger partial charge is 0.0325 e. The largest absolute Gasteiger partial charge is 0.317 e. The fourth-order valence-corrected chi connectivity index (χ4v) is 3.35. The number of rotatable bonds is 4. The lowest BCUT2D eigenvalue weighted by atomic mass is 9.80. The lowest BCUT2D eigenvalue weighted by Crippen LogP contribution is -2.41. The summed E-state index contributed by atoms with van der Waals surface area (Å²) in [5.41, 5.74) is 0.511. The highest BCUT2D eigenvalue weighted by Crippen LogP contribution is 2.29. The van der Waals surface area contributed by atoms with Crippen molar-refractivity contribution < 1.29 is 0 Å². The minimum atomic E-state index is 0.511. The van der Waals surface area contributed by atoms with E-state index in [0.717, 1.165) is 6.54 Å². The molecule has 0 aliphatic carbocycles. The highest BCUT2D eigenvalue weighted by atomic mass is 32.1. The van der Waals surface area contributed by atoms with Gasteiger partial charge in [0.15, 0.2) is 0 Å². The number of hydrogen-bond donors (Lipinski definition) is 1. The van der Waals surface area contributed by atoms with Gasteiger partial charge in [-0.05, 0) is 49.8 Å². The quantitative estimate of drug-likeness (QED) is 0.867. The third kappa shape index (κ3) is 3.30. The first-order chi connectivity index (χ1) is 7.68. The van der Waals surface area contributed by atoms with Crippen molar-refractivity contribution >= 4 is 11.3 Å². The fourth-order valence-electron chi connectivity index (χ4n) is 2.56. The van der Waals surface area contributed by atoms with Crippen LogP contribution in [0.4, 0.5) is 0 Å². The number of thiophene rings is 1. The molecule has 16 heavy (non-hydrogen) atoms. The van der Waals surface area contributed by atoms with Crippen LogP contribution in [-0.2, 0) is 6.54 Å². The van der Waals surface area contributed by atoms with Crippen LogP contribution in [0.3, 0.4) is 0 Å². The van der Waals surface area contributed by atoms with E-state index in [1.807, 2.05) is 11.3 Å². The van der Waals surface area contributed by atoms with Gasteiger partial charge in [-0.25, -0.2) is 0 Å². The van der Waals surface area contributed by atoms with Crippen molar-refractivity contribution in [3.8, 4) is 0 Å². The van der Waals surface area contributed by atoms with Gasteiger partial charge in [0.2, 0.25) is 0 Å². The number of nitrogens with zero attached hydrogens (tertiary/aromatic N) is 1. The third-order valence-corrected chi connectivity index (χ3v) is 4.33.